The van der Waals surface area contributed by atoms with Crippen molar-refractivity contribution in [3.05, 3.63) is 85.9 Å². The molecule has 0 aliphatic carbocycles. The van der Waals surface area contributed by atoms with Crippen molar-refractivity contribution in [1.82, 2.24) is 5.32 Å². The van der Waals surface area contributed by atoms with Crippen molar-refractivity contribution in [3.63, 3.8) is 0 Å². The predicted octanol–water partition coefficient (Wildman–Crippen LogP) is 7.31. The smallest absolute Gasteiger partial charge is 0.261 e. The molecule has 31 heavy (non-hydrogen) atoms. The molecule has 0 saturated heterocycles. The van der Waals surface area contributed by atoms with Crippen molar-refractivity contribution < 1.29 is 13.9 Å². The van der Waals surface area contributed by atoms with E-state index in [9.17, 15) is 4.79 Å². The van der Waals surface area contributed by atoms with E-state index in [1.54, 1.807) is 24.3 Å². The quantitative estimate of drug-likeness (QED) is 0.285. The largest absolute Gasteiger partial charge is 0.453 e. The molecule has 3 N–H and O–H groups in total. The second-order valence-electron chi connectivity index (χ2n) is 6.65. The molecule has 0 fully saturated rings. The molecule has 1 heterocycles. The zero-order chi connectivity index (χ0) is 22.1. The Morgan fingerprint density at radius 3 is 2.61 bits per heavy atom. The lowest BCUT2D eigenvalue weighted by molar-refractivity contribution is 0.0954. The minimum atomic E-state index is -0.686. The fraction of sp³-hybridized carbons (Fsp3) is 0.0455. The van der Waals surface area contributed by atoms with Crippen molar-refractivity contribution >= 4 is 67.8 Å². The number of hydrogen-bond donors (Lipinski definition) is 2. The Bertz CT molecular complexity index is 1290. The van der Waals surface area contributed by atoms with Gasteiger partial charge in [0.05, 0.1) is 9.90 Å². The molecule has 0 unspecified atom stereocenters. The van der Waals surface area contributed by atoms with Crippen LogP contribution in [0.3, 0.4) is 0 Å². The summed E-state index contributed by atoms with van der Waals surface area (Å²) in [5.74, 6) is -0.936. The van der Waals surface area contributed by atoms with E-state index >= 15 is 4.39 Å². The van der Waals surface area contributed by atoms with Crippen LogP contribution in [0.4, 0.5) is 10.1 Å². The van der Waals surface area contributed by atoms with Crippen molar-refractivity contribution in [1.29, 1.82) is 0 Å². The molecule has 0 spiro atoms. The summed E-state index contributed by atoms with van der Waals surface area (Å²) < 4.78 is 21.6. The summed E-state index contributed by atoms with van der Waals surface area (Å²) in [7, 11) is 0. The van der Waals surface area contributed by atoms with Gasteiger partial charge < -0.3 is 15.8 Å². The second kappa shape index (κ2) is 8.93. The first-order chi connectivity index (χ1) is 14.8. The number of carbonyl (C=O) groups excluding carboxylic acids is 1. The number of fused-ring (bicyclic) bond motifs is 1. The minimum Gasteiger partial charge on any atom is -0.453 e. The number of nitrogens with two attached hydrogens (primary N) is 1. The highest BCUT2D eigenvalue weighted by Crippen LogP contribution is 2.35. The maximum atomic E-state index is 15.0. The first-order valence-electron chi connectivity index (χ1n) is 8.98. The van der Waals surface area contributed by atoms with Crippen LogP contribution in [0, 0.1) is 5.82 Å². The van der Waals surface area contributed by atoms with Crippen LogP contribution in [-0.2, 0) is 6.54 Å². The van der Waals surface area contributed by atoms with Gasteiger partial charge in [0.15, 0.2) is 11.6 Å². The van der Waals surface area contributed by atoms with E-state index < -0.39 is 5.82 Å². The second-order valence-corrected chi connectivity index (χ2v) is 9.01. The SMILES string of the molecule is Nc1cc(Cl)cc(Oc2c(Cl)ccc(CNC(=O)c3cc4cc(Cl)ccc4s3)c2F)c1. The summed E-state index contributed by atoms with van der Waals surface area (Å²) in [6, 6.07) is 14.7. The van der Waals surface area contributed by atoms with E-state index in [-0.39, 0.29) is 34.5 Å². The number of thiophene rings is 1. The molecule has 4 nitrogen and oxygen atoms in total. The zero-order valence-corrected chi connectivity index (χ0v) is 18.8. The highest BCUT2D eigenvalue weighted by Gasteiger charge is 2.17. The van der Waals surface area contributed by atoms with Crippen LogP contribution in [0.5, 0.6) is 11.5 Å². The number of rotatable bonds is 5. The molecule has 1 aromatic heterocycles. The molecule has 0 radical (unpaired) electrons. The van der Waals surface area contributed by atoms with Gasteiger partial charge in [0.2, 0.25) is 0 Å². The summed E-state index contributed by atoms with van der Waals surface area (Å²) in [6.07, 6.45) is 0. The Morgan fingerprint density at radius 2 is 1.84 bits per heavy atom. The normalized spacial score (nSPS) is 11.0. The van der Waals surface area contributed by atoms with Gasteiger partial charge in [0.25, 0.3) is 5.91 Å². The Kier molecular flexibility index (Phi) is 6.25. The summed E-state index contributed by atoms with van der Waals surface area (Å²) in [5.41, 5.74) is 6.33. The monoisotopic (exact) mass is 494 g/mol. The molecular formula is C22H14Cl3FN2O2S. The molecule has 0 bridgehead atoms. The molecule has 4 aromatic rings. The fourth-order valence-electron chi connectivity index (χ4n) is 2.95. The van der Waals surface area contributed by atoms with Crippen molar-refractivity contribution in [3.8, 4) is 11.5 Å². The van der Waals surface area contributed by atoms with Crippen LogP contribution in [0.15, 0.2) is 54.6 Å². The van der Waals surface area contributed by atoms with E-state index in [0.717, 1.165) is 10.1 Å². The zero-order valence-electron chi connectivity index (χ0n) is 15.7. The van der Waals surface area contributed by atoms with Gasteiger partial charge in [0, 0.05) is 38.6 Å². The third kappa shape index (κ3) is 4.88. The van der Waals surface area contributed by atoms with Gasteiger partial charge in [-0.2, -0.15) is 0 Å². The third-order valence-electron chi connectivity index (χ3n) is 4.38. The molecular weight excluding hydrogens is 482 g/mol. The Morgan fingerprint density at radius 1 is 1.03 bits per heavy atom. The molecule has 0 saturated carbocycles. The lowest BCUT2D eigenvalue weighted by Gasteiger charge is -2.13. The van der Waals surface area contributed by atoms with Gasteiger partial charge >= 0.3 is 0 Å². The number of carbonyl (C=O) groups is 1. The van der Waals surface area contributed by atoms with Crippen LogP contribution < -0.4 is 15.8 Å². The third-order valence-corrected chi connectivity index (χ3v) is 6.25. The summed E-state index contributed by atoms with van der Waals surface area (Å²) in [5, 5.41) is 4.61. The Labute approximate surface area is 196 Å². The summed E-state index contributed by atoms with van der Waals surface area (Å²) >= 11 is 19.4. The molecule has 9 heteroatoms. The number of ether oxygens (including phenoxy) is 1. The number of anilines is 1. The molecule has 3 aromatic carbocycles. The van der Waals surface area contributed by atoms with Gasteiger partial charge in [-0.05, 0) is 47.9 Å². The van der Waals surface area contributed by atoms with Crippen LogP contribution in [-0.4, -0.2) is 5.91 Å². The fourth-order valence-corrected chi connectivity index (χ4v) is 4.51. The topological polar surface area (TPSA) is 64.3 Å². The van der Waals surface area contributed by atoms with Crippen molar-refractivity contribution in [2.45, 2.75) is 6.54 Å². The maximum absolute atomic E-state index is 15.0. The van der Waals surface area contributed by atoms with Gasteiger partial charge in [0.1, 0.15) is 5.75 Å². The highest BCUT2D eigenvalue weighted by molar-refractivity contribution is 7.20. The molecule has 0 aliphatic rings. The number of benzene rings is 3. The molecule has 0 aliphatic heterocycles. The molecule has 0 atom stereocenters. The first kappa shape index (κ1) is 21.7. The summed E-state index contributed by atoms with van der Waals surface area (Å²) in [6.45, 7) is -0.0507. The number of nitrogen functional groups attached to an aromatic ring is 1. The van der Waals surface area contributed by atoms with Gasteiger partial charge in [-0.1, -0.05) is 40.9 Å². The van der Waals surface area contributed by atoms with E-state index in [2.05, 4.69) is 5.32 Å². The van der Waals surface area contributed by atoms with Gasteiger partial charge in [-0.15, -0.1) is 11.3 Å². The molecule has 4 rings (SSSR count). The first-order valence-corrected chi connectivity index (χ1v) is 10.9. The van der Waals surface area contributed by atoms with Crippen molar-refractivity contribution in [2.75, 3.05) is 5.73 Å². The van der Waals surface area contributed by atoms with Gasteiger partial charge in [-0.3, -0.25) is 4.79 Å². The Hall–Kier alpha value is -2.51. The number of halogens is 4. The lowest BCUT2D eigenvalue weighted by atomic mass is 10.2. The maximum Gasteiger partial charge on any atom is 0.261 e. The highest BCUT2D eigenvalue weighted by atomic mass is 35.5. The summed E-state index contributed by atoms with van der Waals surface area (Å²) in [4.78, 5) is 13.1. The van der Waals surface area contributed by atoms with Crippen LogP contribution in [0.25, 0.3) is 10.1 Å². The number of amides is 1. The number of nitrogens with one attached hydrogen (secondary N) is 1. The molecule has 1 amide bonds. The van der Waals surface area contributed by atoms with Crippen LogP contribution >= 0.6 is 46.1 Å². The standard InChI is InChI=1S/C22H14Cl3FN2O2S/c23-13-2-4-18-12(5-13)6-19(31-18)22(29)28-10-11-1-3-17(25)21(20(11)26)30-16-8-14(24)7-15(27)9-16/h1-9H,10,27H2,(H,28,29). The predicted molar refractivity (Wildman–Crippen MR) is 125 cm³/mol. The van der Waals surface area contributed by atoms with E-state index in [1.807, 2.05) is 6.07 Å². The van der Waals surface area contributed by atoms with Crippen LogP contribution in [0.1, 0.15) is 15.2 Å². The molecule has 158 valence electrons. The van der Waals surface area contributed by atoms with E-state index in [4.69, 9.17) is 45.3 Å². The number of hydrogen-bond acceptors (Lipinski definition) is 4. The lowest BCUT2D eigenvalue weighted by Crippen LogP contribution is -2.22. The average Bonchev–Trinajstić information content (AvgIpc) is 3.13. The van der Waals surface area contributed by atoms with E-state index in [1.165, 1.54) is 35.6 Å². The van der Waals surface area contributed by atoms with E-state index in [0.29, 0.717) is 20.6 Å². The average molecular weight is 496 g/mol. The minimum absolute atomic E-state index is 0.0507. The van der Waals surface area contributed by atoms with Crippen molar-refractivity contribution in [2.24, 2.45) is 0 Å². The Balaban J connectivity index is 1.53. The van der Waals surface area contributed by atoms with Crippen LogP contribution in [0.2, 0.25) is 15.1 Å². The van der Waals surface area contributed by atoms with Gasteiger partial charge in [-0.25, -0.2) is 4.39 Å².